The van der Waals surface area contributed by atoms with Gasteiger partial charge in [-0.15, -0.1) is 0 Å². The van der Waals surface area contributed by atoms with Crippen molar-refractivity contribution in [3.05, 3.63) is 23.9 Å². The lowest BCUT2D eigenvalue weighted by Gasteiger charge is -2.32. The molecule has 1 aromatic rings. The van der Waals surface area contributed by atoms with E-state index in [4.69, 9.17) is 4.74 Å². The molecular formula is C13H19BrN2O. The van der Waals surface area contributed by atoms with Gasteiger partial charge in [-0.05, 0) is 37.5 Å². The van der Waals surface area contributed by atoms with Crippen LogP contribution in [0.2, 0.25) is 0 Å². The van der Waals surface area contributed by atoms with Gasteiger partial charge in [0.25, 0.3) is 0 Å². The molecule has 0 unspecified atom stereocenters. The van der Waals surface area contributed by atoms with E-state index in [0.717, 1.165) is 43.7 Å². The number of pyridine rings is 1. The Morgan fingerprint density at radius 2 is 2.24 bits per heavy atom. The van der Waals surface area contributed by atoms with E-state index in [2.05, 4.69) is 38.8 Å². The fourth-order valence-electron chi connectivity index (χ4n) is 2.16. The summed E-state index contributed by atoms with van der Waals surface area (Å²) in [4.78, 5) is 6.78. The molecule has 1 fully saturated rings. The molecule has 0 aliphatic carbocycles. The summed E-state index contributed by atoms with van der Waals surface area (Å²) < 4.78 is 5.75. The molecule has 1 aromatic heterocycles. The van der Waals surface area contributed by atoms with E-state index in [1.807, 2.05) is 12.3 Å². The Kier molecular flexibility index (Phi) is 4.80. The standard InChI is InChI=1S/C13H19BrN2O/c1-11-2-6-15-13(10-11)16-7-3-12(4-8-16)17-9-5-14/h2,6,10,12H,3-5,7-9H2,1H3. The summed E-state index contributed by atoms with van der Waals surface area (Å²) in [7, 11) is 0. The zero-order valence-electron chi connectivity index (χ0n) is 10.2. The zero-order valence-corrected chi connectivity index (χ0v) is 11.8. The summed E-state index contributed by atoms with van der Waals surface area (Å²) in [6.45, 7) is 5.01. The predicted octanol–water partition coefficient (Wildman–Crippen LogP) is 2.77. The minimum Gasteiger partial charge on any atom is -0.377 e. The summed E-state index contributed by atoms with van der Waals surface area (Å²) in [6, 6.07) is 4.19. The van der Waals surface area contributed by atoms with Crippen LogP contribution in [0, 0.1) is 6.92 Å². The van der Waals surface area contributed by atoms with E-state index < -0.39 is 0 Å². The van der Waals surface area contributed by atoms with Crippen LogP contribution >= 0.6 is 15.9 Å². The quantitative estimate of drug-likeness (QED) is 0.799. The van der Waals surface area contributed by atoms with Crippen molar-refractivity contribution in [1.82, 2.24) is 4.98 Å². The lowest BCUT2D eigenvalue weighted by Crippen LogP contribution is -2.37. The van der Waals surface area contributed by atoms with Gasteiger partial charge in [-0.2, -0.15) is 0 Å². The fourth-order valence-corrected chi connectivity index (χ4v) is 2.34. The Labute approximate surface area is 111 Å². The number of alkyl halides is 1. The van der Waals surface area contributed by atoms with Crippen molar-refractivity contribution in [1.29, 1.82) is 0 Å². The number of halogens is 1. The molecule has 1 saturated heterocycles. The highest BCUT2D eigenvalue weighted by molar-refractivity contribution is 9.09. The van der Waals surface area contributed by atoms with E-state index in [1.165, 1.54) is 5.56 Å². The summed E-state index contributed by atoms with van der Waals surface area (Å²) in [5, 5.41) is 0.923. The first-order valence-corrected chi connectivity index (χ1v) is 7.27. The lowest BCUT2D eigenvalue weighted by molar-refractivity contribution is 0.0480. The second-order valence-electron chi connectivity index (χ2n) is 4.44. The molecule has 2 rings (SSSR count). The maximum Gasteiger partial charge on any atom is 0.128 e. The normalized spacial score (nSPS) is 17.4. The van der Waals surface area contributed by atoms with Crippen LogP contribution in [0.5, 0.6) is 0 Å². The first kappa shape index (κ1) is 12.8. The van der Waals surface area contributed by atoms with E-state index in [1.54, 1.807) is 0 Å². The Bertz CT molecular complexity index is 351. The van der Waals surface area contributed by atoms with Crippen molar-refractivity contribution in [2.24, 2.45) is 0 Å². The molecule has 2 heterocycles. The number of hydrogen-bond donors (Lipinski definition) is 0. The third kappa shape index (κ3) is 3.68. The van der Waals surface area contributed by atoms with Crippen LogP contribution in [-0.2, 0) is 4.74 Å². The molecular weight excluding hydrogens is 280 g/mol. The topological polar surface area (TPSA) is 25.4 Å². The SMILES string of the molecule is Cc1ccnc(N2CCC(OCCBr)CC2)c1. The van der Waals surface area contributed by atoms with Gasteiger partial charge in [0, 0.05) is 24.6 Å². The van der Waals surface area contributed by atoms with Crippen LogP contribution in [0.1, 0.15) is 18.4 Å². The van der Waals surface area contributed by atoms with Crippen LogP contribution < -0.4 is 4.90 Å². The van der Waals surface area contributed by atoms with Crippen LogP contribution in [-0.4, -0.2) is 36.1 Å². The second-order valence-corrected chi connectivity index (χ2v) is 5.23. The zero-order chi connectivity index (χ0) is 12.1. The summed E-state index contributed by atoms with van der Waals surface area (Å²) in [5.41, 5.74) is 1.27. The Morgan fingerprint density at radius 1 is 1.47 bits per heavy atom. The first-order valence-electron chi connectivity index (χ1n) is 6.15. The molecule has 4 heteroatoms. The fraction of sp³-hybridized carbons (Fsp3) is 0.615. The van der Waals surface area contributed by atoms with Crippen molar-refractivity contribution in [2.75, 3.05) is 29.9 Å². The molecule has 17 heavy (non-hydrogen) atoms. The van der Waals surface area contributed by atoms with Crippen molar-refractivity contribution >= 4 is 21.7 Å². The molecule has 1 aliphatic heterocycles. The molecule has 0 aromatic carbocycles. The Morgan fingerprint density at radius 3 is 2.88 bits per heavy atom. The molecule has 1 aliphatic rings. The highest BCUT2D eigenvalue weighted by Gasteiger charge is 2.20. The monoisotopic (exact) mass is 298 g/mol. The number of ether oxygens (including phenoxy) is 1. The van der Waals surface area contributed by atoms with E-state index in [-0.39, 0.29) is 0 Å². The summed E-state index contributed by atoms with van der Waals surface area (Å²) in [5.74, 6) is 1.10. The number of aromatic nitrogens is 1. The highest BCUT2D eigenvalue weighted by Crippen LogP contribution is 2.20. The highest BCUT2D eigenvalue weighted by atomic mass is 79.9. The van der Waals surface area contributed by atoms with Gasteiger partial charge in [0.2, 0.25) is 0 Å². The average molecular weight is 299 g/mol. The number of hydrogen-bond acceptors (Lipinski definition) is 3. The molecule has 0 saturated carbocycles. The van der Waals surface area contributed by atoms with Crippen LogP contribution in [0.3, 0.4) is 0 Å². The van der Waals surface area contributed by atoms with Gasteiger partial charge < -0.3 is 9.64 Å². The predicted molar refractivity (Wildman–Crippen MR) is 74.0 cm³/mol. The molecule has 3 nitrogen and oxygen atoms in total. The Balaban J connectivity index is 1.86. The molecule has 0 atom stereocenters. The minimum absolute atomic E-state index is 0.425. The molecule has 0 amide bonds. The lowest BCUT2D eigenvalue weighted by atomic mass is 10.1. The van der Waals surface area contributed by atoms with E-state index in [9.17, 15) is 0 Å². The summed E-state index contributed by atoms with van der Waals surface area (Å²) >= 11 is 3.39. The van der Waals surface area contributed by atoms with Crippen LogP contribution in [0.25, 0.3) is 0 Å². The molecule has 0 bridgehead atoms. The van der Waals surface area contributed by atoms with Gasteiger partial charge in [0.1, 0.15) is 5.82 Å². The number of piperidine rings is 1. The third-order valence-electron chi connectivity index (χ3n) is 3.10. The summed E-state index contributed by atoms with van der Waals surface area (Å²) in [6.07, 6.45) is 4.51. The maximum atomic E-state index is 5.75. The second kappa shape index (κ2) is 6.36. The maximum absolute atomic E-state index is 5.75. The Hall–Kier alpha value is -0.610. The van der Waals surface area contributed by atoms with Gasteiger partial charge in [-0.25, -0.2) is 4.98 Å². The number of nitrogens with zero attached hydrogens (tertiary/aromatic N) is 2. The molecule has 94 valence electrons. The third-order valence-corrected chi connectivity index (χ3v) is 3.42. The van der Waals surface area contributed by atoms with Gasteiger partial charge in [-0.3, -0.25) is 0 Å². The number of aryl methyl sites for hydroxylation is 1. The van der Waals surface area contributed by atoms with Crippen molar-refractivity contribution in [2.45, 2.75) is 25.9 Å². The first-order chi connectivity index (χ1) is 8.29. The molecule has 0 N–H and O–H groups in total. The minimum atomic E-state index is 0.425. The number of rotatable bonds is 4. The van der Waals surface area contributed by atoms with Gasteiger partial charge >= 0.3 is 0 Å². The smallest absolute Gasteiger partial charge is 0.128 e. The van der Waals surface area contributed by atoms with E-state index in [0.29, 0.717) is 6.10 Å². The molecule has 0 spiro atoms. The molecule has 0 radical (unpaired) electrons. The average Bonchev–Trinajstić information content (AvgIpc) is 2.37. The van der Waals surface area contributed by atoms with E-state index >= 15 is 0 Å². The van der Waals surface area contributed by atoms with Crippen molar-refractivity contribution < 1.29 is 4.74 Å². The van der Waals surface area contributed by atoms with Crippen LogP contribution in [0.4, 0.5) is 5.82 Å². The van der Waals surface area contributed by atoms with Crippen LogP contribution in [0.15, 0.2) is 18.3 Å². The van der Waals surface area contributed by atoms with Gasteiger partial charge in [0.15, 0.2) is 0 Å². The largest absolute Gasteiger partial charge is 0.377 e. The van der Waals surface area contributed by atoms with Crippen molar-refractivity contribution in [3.8, 4) is 0 Å². The van der Waals surface area contributed by atoms with Gasteiger partial charge in [-0.1, -0.05) is 15.9 Å². The number of anilines is 1. The van der Waals surface area contributed by atoms with Crippen molar-refractivity contribution in [3.63, 3.8) is 0 Å². The van der Waals surface area contributed by atoms with Gasteiger partial charge in [0.05, 0.1) is 12.7 Å².